The van der Waals surface area contributed by atoms with Crippen LogP contribution in [0.4, 0.5) is 4.79 Å². The highest BCUT2D eigenvalue weighted by Crippen LogP contribution is 2.35. The minimum atomic E-state index is -0.104. The first-order chi connectivity index (χ1) is 6.29. The molecule has 3 amide bonds. The Bertz CT molecular complexity index is 263. The topological polar surface area (TPSA) is 40.6 Å². The SMILES string of the molecule is O=C1[C@@H]2CCCN2C(=O)N1C1CC1. The molecule has 0 aromatic heterocycles. The van der Waals surface area contributed by atoms with Gasteiger partial charge < -0.3 is 4.90 Å². The van der Waals surface area contributed by atoms with Crippen molar-refractivity contribution in [2.45, 2.75) is 37.8 Å². The Morgan fingerprint density at radius 2 is 1.92 bits per heavy atom. The van der Waals surface area contributed by atoms with Gasteiger partial charge in [0.25, 0.3) is 5.91 Å². The van der Waals surface area contributed by atoms with Crippen LogP contribution in [0.2, 0.25) is 0 Å². The fourth-order valence-corrected chi connectivity index (χ4v) is 2.31. The van der Waals surface area contributed by atoms with E-state index < -0.39 is 0 Å². The summed E-state index contributed by atoms with van der Waals surface area (Å²) in [7, 11) is 0. The molecule has 70 valence electrons. The van der Waals surface area contributed by atoms with Crippen molar-refractivity contribution >= 4 is 11.9 Å². The maximum atomic E-state index is 11.7. The molecule has 4 heteroatoms. The lowest BCUT2D eigenvalue weighted by molar-refractivity contribution is -0.128. The summed E-state index contributed by atoms with van der Waals surface area (Å²) in [4.78, 5) is 26.7. The van der Waals surface area contributed by atoms with E-state index in [-0.39, 0.29) is 24.0 Å². The number of carbonyl (C=O) groups excluding carboxylic acids is 2. The predicted molar refractivity (Wildman–Crippen MR) is 45.0 cm³/mol. The Hall–Kier alpha value is -1.06. The standard InChI is InChI=1S/C9H12N2O2/c12-8-7-2-1-5-10(7)9(13)11(8)6-3-4-6/h6-7H,1-5H2/t7-/m0/s1. The van der Waals surface area contributed by atoms with E-state index in [2.05, 4.69) is 0 Å². The highest BCUT2D eigenvalue weighted by molar-refractivity contribution is 6.05. The molecular formula is C9H12N2O2. The Morgan fingerprint density at radius 3 is 2.54 bits per heavy atom. The molecule has 3 fully saturated rings. The fraction of sp³-hybridized carbons (Fsp3) is 0.778. The monoisotopic (exact) mass is 180 g/mol. The molecule has 3 rings (SSSR count). The zero-order valence-electron chi connectivity index (χ0n) is 7.40. The lowest BCUT2D eigenvalue weighted by Crippen LogP contribution is -2.34. The lowest BCUT2D eigenvalue weighted by Gasteiger charge is -2.13. The maximum absolute atomic E-state index is 11.7. The number of hydrogen-bond donors (Lipinski definition) is 0. The maximum Gasteiger partial charge on any atom is 0.327 e. The van der Waals surface area contributed by atoms with Gasteiger partial charge in [0, 0.05) is 12.6 Å². The minimum Gasteiger partial charge on any atom is -0.312 e. The average molecular weight is 180 g/mol. The summed E-state index contributed by atoms with van der Waals surface area (Å²) in [5.41, 5.74) is 0. The third-order valence-corrected chi connectivity index (χ3v) is 3.14. The van der Waals surface area contributed by atoms with Crippen molar-refractivity contribution in [1.82, 2.24) is 9.80 Å². The summed E-state index contributed by atoms with van der Waals surface area (Å²) < 4.78 is 0. The van der Waals surface area contributed by atoms with Crippen LogP contribution in [-0.4, -0.2) is 40.4 Å². The summed E-state index contributed by atoms with van der Waals surface area (Å²) in [6.07, 6.45) is 3.88. The summed E-state index contributed by atoms with van der Waals surface area (Å²) >= 11 is 0. The van der Waals surface area contributed by atoms with Crippen molar-refractivity contribution in [3.8, 4) is 0 Å². The van der Waals surface area contributed by atoms with Crippen molar-refractivity contribution in [1.29, 1.82) is 0 Å². The Balaban J connectivity index is 1.91. The minimum absolute atomic E-state index is 0.0324. The van der Waals surface area contributed by atoms with Crippen molar-refractivity contribution in [3.63, 3.8) is 0 Å². The molecule has 0 spiro atoms. The number of imide groups is 1. The molecule has 0 unspecified atom stereocenters. The summed E-state index contributed by atoms with van der Waals surface area (Å²) in [5, 5.41) is 0. The zero-order chi connectivity index (χ0) is 9.00. The summed E-state index contributed by atoms with van der Waals surface area (Å²) in [6.45, 7) is 0.776. The first kappa shape index (κ1) is 7.35. The van der Waals surface area contributed by atoms with Crippen LogP contribution in [0.5, 0.6) is 0 Å². The van der Waals surface area contributed by atoms with Gasteiger partial charge in [-0.15, -0.1) is 0 Å². The van der Waals surface area contributed by atoms with Crippen LogP contribution < -0.4 is 0 Å². The molecule has 4 nitrogen and oxygen atoms in total. The second-order valence-corrected chi connectivity index (χ2v) is 4.07. The van der Waals surface area contributed by atoms with Gasteiger partial charge in [-0.05, 0) is 25.7 Å². The van der Waals surface area contributed by atoms with Gasteiger partial charge in [-0.3, -0.25) is 9.69 Å². The number of nitrogens with zero attached hydrogens (tertiary/aromatic N) is 2. The fourth-order valence-electron chi connectivity index (χ4n) is 2.31. The number of hydrogen-bond acceptors (Lipinski definition) is 2. The van der Waals surface area contributed by atoms with E-state index in [1.54, 1.807) is 4.90 Å². The molecule has 13 heavy (non-hydrogen) atoms. The third kappa shape index (κ3) is 0.857. The van der Waals surface area contributed by atoms with Crippen molar-refractivity contribution in [2.24, 2.45) is 0 Å². The second-order valence-electron chi connectivity index (χ2n) is 4.07. The Morgan fingerprint density at radius 1 is 1.15 bits per heavy atom. The molecule has 2 heterocycles. The van der Waals surface area contributed by atoms with Gasteiger partial charge in [-0.1, -0.05) is 0 Å². The lowest BCUT2D eigenvalue weighted by atomic mass is 10.2. The molecule has 1 atom stereocenters. The van der Waals surface area contributed by atoms with Crippen LogP contribution in [-0.2, 0) is 4.79 Å². The largest absolute Gasteiger partial charge is 0.327 e. The number of carbonyl (C=O) groups is 2. The molecule has 0 N–H and O–H groups in total. The molecule has 0 radical (unpaired) electrons. The van der Waals surface area contributed by atoms with Crippen LogP contribution >= 0.6 is 0 Å². The third-order valence-electron chi connectivity index (χ3n) is 3.14. The summed E-state index contributed by atoms with van der Waals surface area (Å²) in [6, 6.07) is 0.105. The van der Waals surface area contributed by atoms with E-state index in [4.69, 9.17) is 0 Å². The highest BCUT2D eigenvalue weighted by atomic mass is 16.2. The number of rotatable bonds is 1. The molecule has 2 saturated heterocycles. The Labute approximate surface area is 76.5 Å². The van der Waals surface area contributed by atoms with Gasteiger partial charge in [0.05, 0.1) is 0 Å². The van der Waals surface area contributed by atoms with Crippen LogP contribution in [0.15, 0.2) is 0 Å². The van der Waals surface area contributed by atoms with Gasteiger partial charge in [-0.2, -0.15) is 0 Å². The Kier molecular flexibility index (Phi) is 1.27. The molecule has 2 aliphatic heterocycles. The first-order valence-electron chi connectivity index (χ1n) is 4.93. The van der Waals surface area contributed by atoms with Gasteiger partial charge >= 0.3 is 6.03 Å². The molecule has 1 aliphatic carbocycles. The van der Waals surface area contributed by atoms with Crippen molar-refractivity contribution < 1.29 is 9.59 Å². The smallest absolute Gasteiger partial charge is 0.312 e. The van der Waals surface area contributed by atoms with E-state index in [1.807, 2.05) is 0 Å². The quantitative estimate of drug-likeness (QED) is 0.554. The predicted octanol–water partition coefficient (Wildman–Crippen LogP) is 0.575. The number of urea groups is 1. The molecule has 0 aromatic carbocycles. The second kappa shape index (κ2) is 2.25. The number of fused-ring (bicyclic) bond motifs is 1. The molecular weight excluding hydrogens is 168 g/mol. The van der Waals surface area contributed by atoms with Crippen molar-refractivity contribution in [2.75, 3.05) is 6.54 Å². The van der Waals surface area contributed by atoms with E-state index in [0.717, 1.165) is 32.2 Å². The molecule has 1 saturated carbocycles. The van der Waals surface area contributed by atoms with Gasteiger partial charge in [-0.25, -0.2) is 4.79 Å². The van der Waals surface area contributed by atoms with Gasteiger partial charge in [0.1, 0.15) is 6.04 Å². The first-order valence-corrected chi connectivity index (χ1v) is 4.93. The van der Waals surface area contributed by atoms with Crippen LogP contribution in [0.1, 0.15) is 25.7 Å². The van der Waals surface area contributed by atoms with E-state index in [9.17, 15) is 9.59 Å². The highest BCUT2D eigenvalue weighted by Gasteiger charge is 2.52. The van der Waals surface area contributed by atoms with Gasteiger partial charge in [0.15, 0.2) is 0 Å². The van der Waals surface area contributed by atoms with E-state index in [1.165, 1.54) is 4.90 Å². The number of amides is 3. The average Bonchev–Trinajstić information content (AvgIpc) is 2.77. The molecule has 3 aliphatic rings. The van der Waals surface area contributed by atoms with Crippen LogP contribution in [0.25, 0.3) is 0 Å². The van der Waals surface area contributed by atoms with Gasteiger partial charge in [0.2, 0.25) is 0 Å². The molecule has 0 bridgehead atoms. The summed E-state index contributed by atoms with van der Waals surface area (Å²) in [5.74, 6) is 0.0602. The normalized spacial score (nSPS) is 33.1. The van der Waals surface area contributed by atoms with Crippen LogP contribution in [0, 0.1) is 0 Å². The van der Waals surface area contributed by atoms with Crippen molar-refractivity contribution in [3.05, 3.63) is 0 Å². The van der Waals surface area contributed by atoms with E-state index >= 15 is 0 Å². The van der Waals surface area contributed by atoms with Crippen LogP contribution in [0.3, 0.4) is 0 Å². The zero-order valence-corrected chi connectivity index (χ0v) is 7.40. The molecule has 0 aromatic rings. The van der Waals surface area contributed by atoms with E-state index in [0.29, 0.717) is 0 Å².